The number of Topliss-reactive ketones (excluding diaryl/α,β-unsaturated/α-hetero) is 1. The molecule has 1 aromatic heterocycles. The van der Waals surface area contributed by atoms with Gasteiger partial charge in [-0.3, -0.25) is 23.6 Å². The third kappa shape index (κ3) is 4.88. The van der Waals surface area contributed by atoms with E-state index in [4.69, 9.17) is 10.5 Å². The first-order valence-electron chi connectivity index (χ1n) is 11.5. The number of carbonyl (C=O) groups is 1. The van der Waals surface area contributed by atoms with Crippen LogP contribution in [0.4, 0.5) is 5.82 Å². The van der Waals surface area contributed by atoms with Gasteiger partial charge in [0.15, 0.2) is 5.78 Å². The van der Waals surface area contributed by atoms with Crippen molar-refractivity contribution in [2.75, 3.05) is 25.4 Å². The average molecular weight is 463 g/mol. The highest BCUT2D eigenvalue weighted by molar-refractivity contribution is 6.01. The summed E-state index contributed by atoms with van der Waals surface area (Å²) in [5, 5.41) is 0. The van der Waals surface area contributed by atoms with Gasteiger partial charge in [0.2, 0.25) is 0 Å². The molecule has 0 saturated carbocycles. The van der Waals surface area contributed by atoms with Gasteiger partial charge in [-0.15, -0.1) is 0 Å². The van der Waals surface area contributed by atoms with Crippen LogP contribution in [0.2, 0.25) is 0 Å². The molecule has 2 heterocycles. The third-order valence-electron chi connectivity index (χ3n) is 6.12. The van der Waals surface area contributed by atoms with E-state index in [1.165, 1.54) is 4.57 Å². The number of ether oxygens (including phenoxy) is 1. The van der Waals surface area contributed by atoms with Crippen LogP contribution in [-0.4, -0.2) is 45.6 Å². The lowest BCUT2D eigenvalue weighted by molar-refractivity contribution is -0.0762. The number of benzene rings is 2. The minimum atomic E-state index is -0.639. The molecule has 2 aromatic carbocycles. The molecule has 1 fully saturated rings. The molecule has 0 spiro atoms. The molecule has 2 atom stereocenters. The zero-order valence-electron chi connectivity index (χ0n) is 19.5. The maximum Gasteiger partial charge on any atom is 0.332 e. The van der Waals surface area contributed by atoms with Gasteiger partial charge in [0.25, 0.3) is 5.56 Å². The van der Waals surface area contributed by atoms with E-state index in [-0.39, 0.29) is 43.2 Å². The molecule has 1 aliphatic heterocycles. The summed E-state index contributed by atoms with van der Waals surface area (Å²) in [5.41, 5.74) is 6.89. The molecule has 0 radical (unpaired) electrons. The Kier molecular flexibility index (Phi) is 7.09. The smallest absolute Gasteiger partial charge is 0.332 e. The standard InChI is InChI=1S/C26H30N4O4/c1-3-29-25(32)23(24(27)30(26(29)33)15-19-10-6-4-7-11-19)21(31)16-28-14-18(2)34-22(17-28)20-12-8-5-9-13-20/h4-13,18,22H,3,14-17,27H2,1-2H3. The first-order valence-corrected chi connectivity index (χ1v) is 11.5. The van der Waals surface area contributed by atoms with Crippen molar-refractivity contribution in [3.63, 3.8) is 0 Å². The SMILES string of the molecule is CCn1c(=O)c(C(=O)CN2CC(C)OC(c3ccccc3)C2)c(N)n(Cc2ccccc2)c1=O. The zero-order chi connectivity index (χ0) is 24.2. The lowest BCUT2D eigenvalue weighted by Gasteiger charge is -2.36. The highest BCUT2D eigenvalue weighted by atomic mass is 16.5. The van der Waals surface area contributed by atoms with E-state index in [9.17, 15) is 14.4 Å². The molecule has 4 rings (SSSR count). The van der Waals surface area contributed by atoms with Crippen LogP contribution in [0.15, 0.2) is 70.3 Å². The van der Waals surface area contributed by atoms with Crippen molar-refractivity contribution in [1.82, 2.24) is 14.0 Å². The van der Waals surface area contributed by atoms with Crippen LogP contribution in [0, 0.1) is 0 Å². The number of nitrogen functional groups attached to an aromatic ring is 1. The number of hydrogen-bond acceptors (Lipinski definition) is 6. The van der Waals surface area contributed by atoms with E-state index < -0.39 is 17.0 Å². The summed E-state index contributed by atoms with van der Waals surface area (Å²) in [7, 11) is 0. The Morgan fingerprint density at radius 2 is 1.65 bits per heavy atom. The lowest BCUT2D eigenvalue weighted by atomic mass is 10.1. The summed E-state index contributed by atoms with van der Waals surface area (Å²) >= 11 is 0. The third-order valence-corrected chi connectivity index (χ3v) is 6.12. The molecule has 1 aliphatic rings. The zero-order valence-corrected chi connectivity index (χ0v) is 19.5. The molecule has 8 heteroatoms. The number of carbonyl (C=O) groups excluding carboxylic acids is 1. The predicted molar refractivity (Wildman–Crippen MR) is 131 cm³/mol. The van der Waals surface area contributed by atoms with E-state index in [0.29, 0.717) is 13.1 Å². The number of rotatable bonds is 7. The fraction of sp³-hybridized carbons (Fsp3) is 0.346. The second kappa shape index (κ2) is 10.2. The van der Waals surface area contributed by atoms with Crippen LogP contribution in [0.3, 0.4) is 0 Å². The van der Waals surface area contributed by atoms with Crippen molar-refractivity contribution in [3.05, 3.63) is 98.2 Å². The minimum absolute atomic E-state index is 0.0176. The van der Waals surface area contributed by atoms with E-state index in [1.807, 2.05) is 72.5 Å². The van der Waals surface area contributed by atoms with Crippen molar-refractivity contribution >= 4 is 11.6 Å². The second-order valence-corrected chi connectivity index (χ2v) is 8.63. The second-order valence-electron chi connectivity index (χ2n) is 8.63. The Morgan fingerprint density at radius 1 is 1.00 bits per heavy atom. The fourth-order valence-electron chi connectivity index (χ4n) is 4.48. The van der Waals surface area contributed by atoms with E-state index in [1.54, 1.807) is 6.92 Å². The van der Waals surface area contributed by atoms with Gasteiger partial charge in [-0.2, -0.15) is 0 Å². The first-order chi connectivity index (χ1) is 16.4. The van der Waals surface area contributed by atoms with Crippen molar-refractivity contribution < 1.29 is 9.53 Å². The maximum atomic E-state index is 13.4. The largest absolute Gasteiger partial charge is 0.384 e. The summed E-state index contributed by atoms with van der Waals surface area (Å²) in [6.45, 7) is 5.09. The molecule has 2 N–H and O–H groups in total. The van der Waals surface area contributed by atoms with Gasteiger partial charge in [0, 0.05) is 19.6 Å². The Bertz CT molecular complexity index is 1270. The number of hydrogen-bond donors (Lipinski definition) is 1. The van der Waals surface area contributed by atoms with E-state index >= 15 is 0 Å². The molecular weight excluding hydrogens is 432 g/mol. The quantitative estimate of drug-likeness (QED) is 0.541. The molecule has 3 aromatic rings. The lowest BCUT2D eigenvalue weighted by Crippen LogP contribution is -2.48. The van der Waals surface area contributed by atoms with Gasteiger partial charge in [-0.05, 0) is 25.0 Å². The van der Waals surface area contributed by atoms with Crippen molar-refractivity contribution in [1.29, 1.82) is 0 Å². The Labute approximate surface area is 198 Å². The minimum Gasteiger partial charge on any atom is -0.384 e. The summed E-state index contributed by atoms with van der Waals surface area (Å²) < 4.78 is 8.46. The first kappa shape index (κ1) is 23.7. The van der Waals surface area contributed by atoms with Crippen molar-refractivity contribution in [2.24, 2.45) is 0 Å². The highest BCUT2D eigenvalue weighted by Gasteiger charge is 2.30. The van der Waals surface area contributed by atoms with Gasteiger partial charge in [0.1, 0.15) is 11.4 Å². The molecule has 0 aliphatic carbocycles. The monoisotopic (exact) mass is 462 g/mol. The normalized spacial score (nSPS) is 18.6. The topological polar surface area (TPSA) is 99.6 Å². The van der Waals surface area contributed by atoms with Gasteiger partial charge < -0.3 is 10.5 Å². The average Bonchev–Trinajstić information content (AvgIpc) is 2.83. The summed E-state index contributed by atoms with van der Waals surface area (Å²) in [6.07, 6.45) is -0.252. The number of ketones is 1. The Morgan fingerprint density at radius 3 is 2.29 bits per heavy atom. The highest BCUT2D eigenvalue weighted by Crippen LogP contribution is 2.25. The van der Waals surface area contributed by atoms with Crippen LogP contribution in [0.1, 0.15) is 41.4 Å². The molecule has 0 amide bonds. The molecule has 1 saturated heterocycles. The summed E-state index contributed by atoms with van der Waals surface area (Å²) in [4.78, 5) is 41.4. The van der Waals surface area contributed by atoms with Crippen LogP contribution >= 0.6 is 0 Å². The fourth-order valence-corrected chi connectivity index (χ4v) is 4.48. The molecule has 2 unspecified atom stereocenters. The summed E-state index contributed by atoms with van der Waals surface area (Å²) in [5.74, 6) is -0.484. The Hall–Kier alpha value is -3.49. The van der Waals surface area contributed by atoms with Crippen LogP contribution in [0.5, 0.6) is 0 Å². The van der Waals surface area contributed by atoms with Crippen molar-refractivity contribution in [3.8, 4) is 0 Å². The van der Waals surface area contributed by atoms with Crippen LogP contribution in [0.25, 0.3) is 0 Å². The number of anilines is 1. The molecule has 0 bridgehead atoms. The Balaban J connectivity index is 1.64. The molecule has 8 nitrogen and oxygen atoms in total. The predicted octanol–water partition coefficient (Wildman–Crippen LogP) is 2.31. The van der Waals surface area contributed by atoms with E-state index in [2.05, 4.69) is 0 Å². The van der Waals surface area contributed by atoms with Crippen LogP contribution in [-0.2, 0) is 17.8 Å². The summed E-state index contributed by atoms with van der Waals surface area (Å²) in [6, 6.07) is 19.2. The van der Waals surface area contributed by atoms with E-state index in [0.717, 1.165) is 15.7 Å². The van der Waals surface area contributed by atoms with Crippen molar-refractivity contribution in [2.45, 2.75) is 39.1 Å². The van der Waals surface area contributed by atoms with Gasteiger partial charge in [0.05, 0.1) is 25.3 Å². The van der Waals surface area contributed by atoms with Gasteiger partial charge >= 0.3 is 5.69 Å². The van der Waals surface area contributed by atoms with Crippen LogP contribution < -0.4 is 17.0 Å². The molecular formula is C26H30N4O4. The number of morpholine rings is 1. The van der Waals surface area contributed by atoms with Gasteiger partial charge in [-0.1, -0.05) is 60.7 Å². The maximum absolute atomic E-state index is 13.4. The van der Waals surface area contributed by atoms with Gasteiger partial charge in [-0.25, -0.2) is 4.79 Å². The number of nitrogens with zero attached hydrogens (tertiary/aromatic N) is 3. The number of nitrogens with two attached hydrogens (primary N) is 1. The number of aromatic nitrogens is 2. The molecule has 178 valence electrons. The molecule has 34 heavy (non-hydrogen) atoms.